The van der Waals surface area contributed by atoms with Gasteiger partial charge in [0.15, 0.2) is 5.11 Å². The van der Waals surface area contributed by atoms with Crippen LogP contribution in [0.5, 0.6) is 0 Å². The van der Waals surface area contributed by atoms with Gasteiger partial charge in [0.1, 0.15) is 5.70 Å². The quantitative estimate of drug-likeness (QED) is 0.321. The van der Waals surface area contributed by atoms with Crippen molar-refractivity contribution in [2.75, 3.05) is 6.61 Å². The molecule has 1 amide bonds. The van der Waals surface area contributed by atoms with Crippen molar-refractivity contribution in [3.05, 3.63) is 23.9 Å². The molecule has 1 aliphatic rings. The maximum Gasteiger partial charge on any atom is 0.333 e. The number of allylic oxidation sites excluding steroid dienone is 1. The van der Waals surface area contributed by atoms with Crippen LogP contribution in [0.4, 0.5) is 0 Å². The van der Waals surface area contributed by atoms with Gasteiger partial charge in [-0.15, -0.1) is 0 Å². The predicted octanol–water partition coefficient (Wildman–Crippen LogP) is 1.55. The largest absolute Gasteiger partial charge is 0.462 e. The fraction of sp³-hybridized carbons (Fsp3) is 0.462. The Balaban J connectivity index is 2.07. The molecule has 0 atom stereocenters. The lowest BCUT2D eigenvalue weighted by molar-refractivity contribution is -0.139. The lowest BCUT2D eigenvalue weighted by atomic mass is 10.2. The van der Waals surface area contributed by atoms with Crippen LogP contribution in [0.15, 0.2) is 23.9 Å². The fourth-order valence-corrected chi connectivity index (χ4v) is 1.68. The number of thiocarbonyl (C=S) groups is 1. The monoisotopic (exact) mass is 282 g/mol. The highest BCUT2D eigenvalue weighted by Crippen LogP contribution is 2.06. The second kappa shape index (κ2) is 7.68. The molecule has 0 saturated carbocycles. The zero-order chi connectivity index (χ0) is 14.3. The first-order valence-corrected chi connectivity index (χ1v) is 6.56. The maximum absolute atomic E-state index is 11.3. The number of rotatable bonds is 7. The maximum atomic E-state index is 11.3. The molecule has 0 spiro atoms. The summed E-state index contributed by atoms with van der Waals surface area (Å²) < 4.78 is 4.97. The van der Waals surface area contributed by atoms with E-state index in [0.717, 1.165) is 25.7 Å². The molecule has 1 saturated heterocycles. The summed E-state index contributed by atoms with van der Waals surface area (Å²) in [4.78, 5) is 22.4. The predicted molar refractivity (Wildman–Crippen MR) is 76.2 cm³/mol. The summed E-state index contributed by atoms with van der Waals surface area (Å²) in [6.45, 7) is 5.53. The summed E-state index contributed by atoms with van der Waals surface area (Å²) in [5, 5.41) is 5.63. The number of unbranched alkanes of at least 4 members (excludes halogenated alkanes) is 3. The smallest absolute Gasteiger partial charge is 0.333 e. The zero-order valence-corrected chi connectivity index (χ0v) is 11.8. The molecule has 0 aromatic carbocycles. The Kier molecular flexibility index (Phi) is 6.21. The molecule has 5 nitrogen and oxygen atoms in total. The van der Waals surface area contributed by atoms with Crippen molar-refractivity contribution in [1.82, 2.24) is 10.6 Å². The van der Waals surface area contributed by atoms with E-state index in [-0.39, 0.29) is 11.9 Å². The lowest BCUT2D eigenvalue weighted by Gasteiger charge is -2.03. The number of carbonyl (C=O) groups is 2. The number of hydrogen-bond donors (Lipinski definition) is 2. The van der Waals surface area contributed by atoms with Crippen LogP contribution in [-0.4, -0.2) is 23.6 Å². The van der Waals surface area contributed by atoms with E-state index in [1.54, 1.807) is 6.92 Å². The summed E-state index contributed by atoms with van der Waals surface area (Å²) in [6, 6.07) is 0. The van der Waals surface area contributed by atoms with Gasteiger partial charge in [0.2, 0.25) is 0 Å². The number of hydrogen-bond acceptors (Lipinski definition) is 4. The van der Waals surface area contributed by atoms with Gasteiger partial charge in [-0.05, 0) is 44.8 Å². The second-order valence-corrected chi connectivity index (χ2v) is 4.70. The molecule has 1 fully saturated rings. The number of esters is 1. The van der Waals surface area contributed by atoms with Crippen LogP contribution in [0.2, 0.25) is 0 Å². The third-order valence-electron chi connectivity index (χ3n) is 2.50. The van der Waals surface area contributed by atoms with Crippen LogP contribution in [0.25, 0.3) is 0 Å². The van der Waals surface area contributed by atoms with Gasteiger partial charge in [0.05, 0.1) is 6.61 Å². The van der Waals surface area contributed by atoms with Gasteiger partial charge in [-0.2, -0.15) is 0 Å². The normalized spacial score (nSPS) is 16.2. The Hall–Kier alpha value is -1.69. The summed E-state index contributed by atoms with van der Waals surface area (Å²) >= 11 is 4.82. The van der Waals surface area contributed by atoms with Gasteiger partial charge in [0.25, 0.3) is 5.91 Å². The van der Waals surface area contributed by atoms with Gasteiger partial charge in [0, 0.05) is 5.57 Å². The van der Waals surface area contributed by atoms with Crippen molar-refractivity contribution in [2.45, 2.75) is 32.6 Å². The van der Waals surface area contributed by atoms with E-state index >= 15 is 0 Å². The lowest BCUT2D eigenvalue weighted by Crippen LogP contribution is -2.21. The van der Waals surface area contributed by atoms with E-state index in [2.05, 4.69) is 17.2 Å². The first kappa shape index (κ1) is 15.4. The summed E-state index contributed by atoms with van der Waals surface area (Å²) in [7, 11) is 0. The highest BCUT2D eigenvalue weighted by atomic mass is 32.1. The third-order valence-corrected chi connectivity index (χ3v) is 2.70. The van der Waals surface area contributed by atoms with Gasteiger partial charge in [-0.3, -0.25) is 10.1 Å². The molecule has 104 valence electrons. The number of amides is 1. The molecule has 1 heterocycles. The van der Waals surface area contributed by atoms with E-state index in [1.165, 1.54) is 0 Å². The standard InChI is InChI=1S/C13H18N2O3S/c1-9(2)12(17)18-8-6-4-3-5-7-10-11(16)15-13(19)14-10/h7H,1,3-6,8H2,2H3,(H2,14,15,16,19)/b10-7-. The van der Waals surface area contributed by atoms with Crippen LogP contribution < -0.4 is 10.6 Å². The molecular formula is C13H18N2O3S. The Labute approximate surface area is 118 Å². The van der Waals surface area contributed by atoms with E-state index in [1.807, 2.05) is 6.08 Å². The van der Waals surface area contributed by atoms with Crippen molar-refractivity contribution in [3.8, 4) is 0 Å². The molecule has 0 aromatic heterocycles. The van der Waals surface area contributed by atoms with Crippen molar-refractivity contribution in [2.24, 2.45) is 0 Å². The minimum atomic E-state index is -0.345. The van der Waals surface area contributed by atoms with Crippen molar-refractivity contribution < 1.29 is 14.3 Å². The van der Waals surface area contributed by atoms with E-state index in [4.69, 9.17) is 17.0 Å². The first-order valence-electron chi connectivity index (χ1n) is 6.16. The van der Waals surface area contributed by atoms with Crippen molar-refractivity contribution in [1.29, 1.82) is 0 Å². The molecular weight excluding hydrogens is 264 g/mol. The molecule has 0 aromatic rings. The van der Waals surface area contributed by atoms with E-state index in [0.29, 0.717) is 23.0 Å². The molecule has 19 heavy (non-hydrogen) atoms. The third kappa shape index (κ3) is 5.65. The average Bonchev–Trinajstić information content (AvgIpc) is 2.66. The van der Waals surface area contributed by atoms with Crippen LogP contribution in [0.1, 0.15) is 32.6 Å². The number of nitrogens with one attached hydrogen (secondary N) is 2. The summed E-state index contributed by atoms with van der Waals surface area (Å²) in [6.07, 6.45) is 5.27. The summed E-state index contributed by atoms with van der Waals surface area (Å²) in [5.74, 6) is -0.525. The Morgan fingerprint density at radius 3 is 2.68 bits per heavy atom. The topological polar surface area (TPSA) is 67.4 Å². The van der Waals surface area contributed by atoms with Crippen molar-refractivity contribution >= 4 is 29.2 Å². The van der Waals surface area contributed by atoms with E-state index < -0.39 is 0 Å². The SMILES string of the molecule is C=C(C)C(=O)OCCCCC/C=C1\NC(=S)NC1=O. The van der Waals surface area contributed by atoms with E-state index in [9.17, 15) is 9.59 Å². The molecule has 0 radical (unpaired) electrons. The van der Waals surface area contributed by atoms with Gasteiger partial charge in [-0.1, -0.05) is 12.7 Å². The van der Waals surface area contributed by atoms with Gasteiger partial charge >= 0.3 is 5.97 Å². The molecule has 2 N–H and O–H groups in total. The van der Waals surface area contributed by atoms with Crippen LogP contribution in [0.3, 0.4) is 0 Å². The fourth-order valence-electron chi connectivity index (χ4n) is 1.48. The molecule has 6 heteroatoms. The number of carbonyl (C=O) groups excluding carboxylic acids is 2. The molecule has 1 aliphatic heterocycles. The van der Waals surface area contributed by atoms with Crippen LogP contribution >= 0.6 is 12.2 Å². The molecule has 1 rings (SSSR count). The second-order valence-electron chi connectivity index (χ2n) is 4.29. The van der Waals surface area contributed by atoms with Crippen LogP contribution in [0, 0.1) is 0 Å². The minimum Gasteiger partial charge on any atom is -0.462 e. The van der Waals surface area contributed by atoms with Gasteiger partial charge in [-0.25, -0.2) is 4.79 Å². The van der Waals surface area contributed by atoms with Crippen LogP contribution in [-0.2, 0) is 14.3 Å². The zero-order valence-electron chi connectivity index (χ0n) is 11.0. The Bertz CT molecular complexity index is 430. The van der Waals surface area contributed by atoms with Crippen molar-refractivity contribution in [3.63, 3.8) is 0 Å². The Morgan fingerprint density at radius 2 is 2.11 bits per heavy atom. The minimum absolute atomic E-state index is 0.180. The summed E-state index contributed by atoms with van der Waals surface area (Å²) in [5.41, 5.74) is 0.928. The Morgan fingerprint density at radius 1 is 1.37 bits per heavy atom. The first-order chi connectivity index (χ1) is 9.00. The average molecular weight is 282 g/mol. The molecule has 0 unspecified atom stereocenters. The number of ether oxygens (including phenoxy) is 1. The van der Waals surface area contributed by atoms with Gasteiger partial charge < -0.3 is 10.1 Å². The molecule has 0 bridgehead atoms. The highest BCUT2D eigenvalue weighted by Gasteiger charge is 2.18. The molecule has 0 aliphatic carbocycles. The highest BCUT2D eigenvalue weighted by molar-refractivity contribution is 7.80.